The van der Waals surface area contributed by atoms with Crippen molar-refractivity contribution in [1.29, 1.82) is 0 Å². The van der Waals surface area contributed by atoms with Crippen LogP contribution in [0.4, 0.5) is 23.5 Å². The minimum Gasteiger partial charge on any atom is -0.386 e. The highest BCUT2D eigenvalue weighted by Gasteiger charge is 2.32. The standard InChI is InChI=1S/C16H18F4N4OS/c17-11-1-3-13(4-2-11)26-10-12(25)9-21-7-8-23-15-22-6-5-14(24-15)16(18,19)20/h1-6,12,21,25H,7-10H2,(H,22,23,24)/p+1/t12-/m1/s1. The summed E-state index contributed by atoms with van der Waals surface area (Å²) >= 11 is 1.42. The van der Waals surface area contributed by atoms with E-state index in [1.807, 2.05) is 5.32 Å². The maximum absolute atomic E-state index is 12.8. The van der Waals surface area contributed by atoms with Gasteiger partial charge in [-0.15, -0.1) is 11.8 Å². The summed E-state index contributed by atoms with van der Waals surface area (Å²) in [6, 6.07) is 6.84. The normalized spacial score (nSPS) is 12.8. The van der Waals surface area contributed by atoms with E-state index in [1.165, 1.54) is 23.9 Å². The third kappa shape index (κ3) is 7.14. The molecule has 0 fully saturated rings. The highest BCUT2D eigenvalue weighted by atomic mass is 32.2. The van der Waals surface area contributed by atoms with Gasteiger partial charge in [0, 0.05) is 16.8 Å². The zero-order chi connectivity index (χ0) is 19.0. The average molecular weight is 391 g/mol. The van der Waals surface area contributed by atoms with Crippen LogP contribution in [0.1, 0.15) is 5.69 Å². The number of aliphatic hydroxyl groups excluding tert-OH is 1. The molecule has 4 N–H and O–H groups in total. The van der Waals surface area contributed by atoms with Crippen molar-refractivity contribution in [3.63, 3.8) is 0 Å². The molecule has 142 valence electrons. The molecule has 0 spiro atoms. The number of anilines is 1. The number of halogens is 4. The van der Waals surface area contributed by atoms with Crippen molar-refractivity contribution in [2.24, 2.45) is 0 Å². The molecule has 26 heavy (non-hydrogen) atoms. The molecule has 1 heterocycles. The first-order chi connectivity index (χ1) is 12.3. The molecule has 0 aliphatic carbocycles. The van der Waals surface area contributed by atoms with Crippen molar-refractivity contribution < 1.29 is 28.0 Å². The maximum Gasteiger partial charge on any atom is 0.433 e. The third-order valence-corrected chi connectivity index (χ3v) is 4.43. The molecule has 0 saturated heterocycles. The van der Waals surface area contributed by atoms with Gasteiger partial charge in [-0.25, -0.2) is 14.4 Å². The summed E-state index contributed by atoms with van der Waals surface area (Å²) in [5.74, 6) is 0.0767. The lowest BCUT2D eigenvalue weighted by atomic mass is 10.3. The molecule has 0 unspecified atom stereocenters. The predicted molar refractivity (Wildman–Crippen MR) is 90.3 cm³/mol. The van der Waals surface area contributed by atoms with E-state index in [4.69, 9.17) is 0 Å². The number of thioether (sulfide) groups is 1. The van der Waals surface area contributed by atoms with Crippen molar-refractivity contribution in [2.75, 3.05) is 30.7 Å². The van der Waals surface area contributed by atoms with E-state index < -0.39 is 18.0 Å². The second-order valence-corrected chi connectivity index (χ2v) is 6.52. The molecule has 1 aromatic heterocycles. The van der Waals surface area contributed by atoms with Gasteiger partial charge in [0.1, 0.15) is 24.2 Å². The van der Waals surface area contributed by atoms with Crippen molar-refractivity contribution in [3.05, 3.63) is 48.0 Å². The summed E-state index contributed by atoms with van der Waals surface area (Å²) in [5, 5.41) is 14.5. The molecule has 1 aromatic carbocycles. The van der Waals surface area contributed by atoms with Crippen molar-refractivity contribution in [1.82, 2.24) is 9.97 Å². The molecule has 0 aliphatic heterocycles. The number of quaternary nitrogens is 1. The lowest BCUT2D eigenvalue weighted by Gasteiger charge is -2.10. The van der Waals surface area contributed by atoms with E-state index in [9.17, 15) is 22.7 Å². The van der Waals surface area contributed by atoms with Gasteiger partial charge >= 0.3 is 6.18 Å². The molecule has 0 amide bonds. The Morgan fingerprint density at radius 3 is 2.62 bits per heavy atom. The number of nitrogens with two attached hydrogens (primary N) is 1. The van der Waals surface area contributed by atoms with E-state index in [2.05, 4.69) is 15.3 Å². The average Bonchev–Trinajstić information content (AvgIpc) is 2.60. The fourth-order valence-corrected chi connectivity index (χ4v) is 2.84. The van der Waals surface area contributed by atoms with Gasteiger partial charge in [0.05, 0.1) is 13.1 Å². The number of alkyl halides is 3. The van der Waals surface area contributed by atoms with E-state index in [1.54, 1.807) is 12.1 Å². The SMILES string of the molecule is O[C@H](C[NH2+]CCNc1nccc(C(F)(F)F)n1)CSc1ccc(F)cc1. The monoisotopic (exact) mass is 391 g/mol. The van der Waals surface area contributed by atoms with E-state index in [0.29, 0.717) is 25.4 Å². The Morgan fingerprint density at radius 2 is 1.92 bits per heavy atom. The summed E-state index contributed by atoms with van der Waals surface area (Å²) < 4.78 is 50.4. The summed E-state index contributed by atoms with van der Waals surface area (Å²) in [5.41, 5.74) is -0.993. The lowest BCUT2D eigenvalue weighted by Crippen LogP contribution is -2.87. The van der Waals surface area contributed by atoms with Gasteiger partial charge in [0.25, 0.3) is 0 Å². The smallest absolute Gasteiger partial charge is 0.386 e. The second-order valence-electron chi connectivity index (χ2n) is 5.42. The second kappa shape index (κ2) is 9.70. The Hall–Kier alpha value is -1.91. The Kier molecular flexibility index (Phi) is 7.61. The number of hydrogen-bond acceptors (Lipinski definition) is 5. The third-order valence-electron chi connectivity index (χ3n) is 3.27. The molecule has 2 aromatic rings. The Bertz CT molecular complexity index is 685. The molecular weight excluding hydrogens is 372 g/mol. The van der Waals surface area contributed by atoms with E-state index >= 15 is 0 Å². The van der Waals surface area contributed by atoms with E-state index in [-0.39, 0.29) is 11.8 Å². The molecular formula is C16H19F4N4OS+. The summed E-state index contributed by atoms with van der Waals surface area (Å²) in [6.07, 6.45) is -4.01. The molecule has 1 atom stereocenters. The van der Waals surface area contributed by atoms with Gasteiger partial charge in [-0.2, -0.15) is 13.2 Å². The van der Waals surface area contributed by atoms with Gasteiger partial charge in [-0.3, -0.25) is 0 Å². The lowest BCUT2D eigenvalue weighted by molar-refractivity contribution is -0.657. The van der Waals surface area contributed by atoms with Crippen LogP contribution in [0.2, 0.25) is 0 Å². The summed E-state index contributed by atoms with van der Waals surface area (Å²) in [6.45, 7) is 1.34. The minimum absolute atomic E-state index is 0.0827. The van der Waals surface area contributed by atoms with Crippen molar-refractivity contribution in [2.45, 2.75) is 17.2 Å². The number of aliphatic hydroxyl groups is 1. The van der Waals surface area contributed by atoms with Crippen LogP contribution in [0, 0.1) is 5.82 Å². The van der Waals surface area contributed by atoms with Crippen LogP contribution < -0.4 is 10.6 Å². The number of rotatable bonds is 9. The maximum atomic E-state index is 12.8. The summed E-state index contributed by atoms with van der Waals surface area (Å²) in [4.78, 5) is 8.01. The van der Waals surface area contributed by atoms with Crippen LogP contribution >= 0.6 is 11.8 Å². The van der Waals surface area contributed by atoms with Crippen LogP contribution in [-0.2, 0) is 6.18 Å². The largest absolute Gasteiger partial charge is 0.433 e. The molecule has 0 aliphatic rings. The van der Waals surface area contributed by atoms with Gasteiger partial charge in [0.2, 0.25) is 5.95 Å². The topological polar surface area (TPSA) is 74.7 Å². The quantitative estimate of drug-likeness (QED) is 0.345. The highest BCUT2D eigenvalue weighted by Crippen LogP contribution is 2.27. The van der Waals surface area contributed by atoms with Gasteiger partial charge in [-0.1, -0.05) is 0 Å². The van der Waals surface area contributed by atoms with Gasteiger partial charge in [0.15, 0.2) is 0 Å². The minimum atomic E-state index is -4.50. The fraction of sp³-hybridized carbons (Fsp3) is 0.375. The molecule has 2 rings (SSSR count). The van der Waals surface area contributed by atoms with Crippen LogP contribution in [0.5, 0.6) is 0 Å². The van der Waals surface area contributed by atoms with Crippen molar-refractivity contribution >= 4 is 17.7 Å². The zero-order valence-corrected chi connectivity index (χ0v) is 14.5. The highest BCUT2D eigenvalue weighted by molar-refractivity contribution is 7.99. The van der Waals surface area contributed by atoms with E-state index in [0.717, 1.165) is 17.2 Å². The fourth-order valence-electron chi connectivity index (χ4n) is 1.99. The predicted octanol–water partition coefficient (Wildman–Crippen LogP) is 1.76. The number of nitrogens with zero attached hydrogens (tertiary/aromatic N) is 2. The number of aromatic nitrogens is 2. The molecule has 0 saturated carbocycles. The number of hydrogen-bond donors (Lipinski definition) is 3. The Balaban J connectivity index is 1.62. The molecule has 5 nitrogen and oxygen atoms in total. The van der Waals surface area contributed by atoms with Gasteiger partial charge in [-0.05, 0) is 30.3 Å². The number of nitrogens with one attached hydrogen (secondary N) is 1. The zero-order valence-electron chi connectivity index (χ0n) is 13.7. The van der Waals surface area contributed by atoms with Crippen LogP contribution in [0.3, 0.4) is 0 Å². The molecule has 0 radical (unpaired) electrons. The first kappa shape index (κ1) is 20.4. The Labute approximate surface area is 152 Å². The molecule has 10 heteroatoms. The Morgan fingerprint density at radius 1 is 1.19 bits per heavy atom. The number of benzene rings is 1. The molecule has 0 bridgehead atoms. The first-order valence-electron chi connectivity index (χ1n) is 7.87. The van der Waals surface area contributed by atoms with Gasteiger partial charge < -0.3 is 15.7 Å². The summed E-state index contributed by atoms with van der Waals surface area (Å²) in [7, 11) is 0. The van der Waals surface area contributed by atoms with Crippen molar-refractivity contribution in [3.8, 4) is 0 Å². The first-order valence-corrected chi connectivity index (χ1v) is 8.85. The van der Waals surface area contributed by atoms with Crippen LogP contribution in [-0.4, -0.2) is 46.6 Å². The van der Waals surface area contributed by atoms with Crippen LogP contribution in [0.15, 0.2) is 41.4 Å². The van der Waals surface area contributed by atoms with Crippen LogP contribution in [0.25, 0.3) is 0 Å².